The maximum Gasteiger partial charge on any atom is 0.262 e. The minimum atomic E-state index is -0.00452. The van der Waals surface area contributed by atoms with Crippen LogP contribution in [0.5, 0.6) is 0 Å². The van der Waals surface area contributed by atoms with Crippen LogP contribution >= 0.6 is 31.8 Å². The Kier molecular flexibility index (Phi) is 4.09. The average Bonchev–Trinajstić information content (AvgIpc) is 2.51. The van der Waals surface area contributed by atoms with Crippen molar-refractivity contribution in [1.29, 1.82) is 0 Å². The summed E-state index contributed by atoms with van der Waals surface area (Å²) in [6.07, 6.45) is 0.919. The first-order valence-electron chi connectivity index (χ1n) is 6.56. The average molecular weight is 408 g/mol. The van der Waals surface area contributed by atoms with Gasteiger partial charge in [0.05, 0.1) is 10.9 Å². The molecule has 0 aliphatic heterocycles. The maximum absolute atomic E-state index is 12.6. The molecule has 2 aromatic carbocycles. The fraction of sp³-hybridized carbons (Fsp3) is 0.125. The fourth-order valence-corrected chi connectivity index (χ4v) is 3.31. The second kappa shape index (κ2) is 5.85. The van der Waals surface area contributed by atoms with Gasteiger partial charge in [-0.15, -0.1) is 9.24 Å². The molecule has 0 radical (unpaired) electrons. The SMILES string of the molecule is Cn1c(-c2ccc(CP)cc2)nc2cccc(I)c2c1=O. The van der Waals surface area contributed by atoms with E-state index in [1.807, 2.05) is 30.3 Å². The molecule has 0 saturated carbocycles. The molecule has 0 aliphatic rings. The molecule has 3 rings (SSSR count). The molecular formula is C16H14IN2OP. The molecule has 0 aliphatic carbocycles. The van der Waals surface area contributed by atoms with Gasteiger partial charge in [0.1, 0.15) is 5.82 Å². The van der Waals surface area contributed by atoms with Gasteiger partial charge in [0.2, 0.25) is 0 Å². The zero-order valence-corrected chi connectivity index (χ0v) is 14.8. The zero-order chi connectivity index (χ0) is 15.0. The van der Waals surface area contributed by atoms with Crippen LogP contribution in [0.3, 0.4) is 0 Å². The second-order valence-corrected chi connectivity index (χ2v) is 6.41. The predicted molar refractivity (Wildman–Crippen MR) is 98.6 cm³/mol. The monoisotopic (exact) mass is 408 g/mol. The van der Waals surface area contributed by atoms with Crippen LogP contribution in [0.25, 0.3) is 22.3 Å². The van der Waals surface area contributed by atoms with E-state index in [0.29, 0.717) is 11.2 Å². The third-order valence-corrected chi connectivity index (χ3v) is 4.87. The molecule has 1 heterocycles. The molecule has 106 valence electrons. The van der Waals surface area contributed by atoms with E-state index in [4.69, 9.17) is 0 Å². The standard InChI is InChI=1S/C16H14IN2OP/c1-19-15(11-7-5-10(9-21)6-8-11)18-13-4-2-3-12(17)14(13)16(19)20/h2-8H,9,21H2,1H3. The molecule has 3 aromatic rings. The lowest BCUT2D eigenvalue weighted by molar-refractivity contribution is 0.855. The Balaban J connectivity index is 2.28. The summed E-state index contributed by atoms with van der Waals surface area (Å²) in [5, 5.41) is 0.686. The van der Waals surface area contributed by atoms with Crippen LogP contribution in [-0.2, 0) is 13.2 Å². The molecule has 0 amide bonds. The second-order valence-electron chi connectivity index (χ2n) is 4.83. The summed E-state index contributed by atoms with van der Waals surface area (Å²) < 4.78 is 2.56. The van der Waals surface area contributed by atoms with Crippen LogP contribution in [0.1, 0.15) is 5.56 Å². The summed E-state index contributed by atoms with van der Waals surface area (Å²) >= 11 is 2.18. The lowest BCUT2D eigenvalue weighted by Gasteiger charge is -2.10. The number of hydrogen-bond acceptors (Lipinski definition) is 2. The Labute approximate surface area is 138 Å². The highest BCUT2D eigenvalue weighted by atomic mass is 127. The van der Waals surface area contributed by atoms with Crippen molar-refractivity contribution in [3.05, 3.63) is 62.0 Å². The first-order valence-corrected chi connectivity index (χ1v) is 8.46. The third kappa shape index (κ3) is 2.62. The van der Waals surface area contributed by atoms with Gasteiger partial charge in [0.15, 0.2) is 0 Å². The summed E-state index contributed by atoms with van der Waals surface area (Å²) in [7, 11) is 4.48. The highest BCUT2D eigenvalue weighted by Gasteiger charge is 2.11. The Hall–Kier alpha value is -1.26. The quantitative estimate of drug-likeness (QED) is 0.480. The van der Waals surface area contributed by atoms with E-state index in [1.54, 1.807) is 11.6 Å². The molecule has 1 atom stereocenters. The van der Waals surface area contributed by atoms with Crippen LogP contribution < -0.4 is 5.56 Å². The molecule has 0 fully saturated rings. The molecule has 1 unspecified atom stereocenters. The molecular weight excluding hydrogens is 394 g/mol. The number of hydrogen-bond donors (Lipinski definition) is 0. The van der Waals surface area contributed by atoms with Crippen molar-refractivity contribution in [1.82, 2.24) is 9.55 Å². The maximum atomic E-state index is 12.6. The van der Waals surface area contributed by atoms with Crippen molar-refractivity contribution < 1.29 is 0 Å². The normalized spacial score (nSPS) is 11.0. The van der Waals surface area contributed by atoms with Crippen LogP contribution in [0.15, 0.2) is 47.3 Å². The molecule has 0 bridgehead atoms. The largest absolute Gasteiger partial charge is 0.295 e. The minimum Gasteiger partial charge on any atom is -0.295 e. The number of halogens is 1. The van der Waals surface area contributed by atoms with Crippen LogP contribution in [0.2, 0.25) is 0 Å². The first kappa shape index (κ1) is 14.7. The number of aromatic nitrogens is 2. The van der Waals surface area contributed by atoms with Crippen molar-refractivity contribution in [3.8, 4) is 11.4 Å². The van der Waals surface area contributed by atoms with Gasteiger partial charge in [0, 0.05) is 16.2 Å². The van der Waals surface area contributed by atoms with Crippen molar-refractivity contribution in [2.24, 2.45) is 7.05 Å². The molecule has 0 saturated heterocycles. The van der Waals surface area contributed by atoms with Gasteiger partial charge in [-0.25, -0.2) is 4.98 Å². The van der Waals surface area contributed by atoms with Gasteiger partial charge in [-0.3, -0.25) is 9.36 Å². The van der Waals surface area contributed by atoms with E-state index >= 15 is 0 Å². The van der Waals surface area contributed by atoms with Gasteiger partial charge in [0.25, 0.3) is 5.56 Å². The van der Waals surface area contributed by atoms with Crippen LogP contribution in [0.4, 0.5) is 0 Å². The number of benzene rings is 2. The summed E-state index contributed by atoms with van der Waals surface area (Å²) in [4.78, 5) is 17.3. The first-order chi connectivity index (χ1) is 10.1. The molecule has 21 heavy (non-hydrogen) atoms. The topological polar surface area (TPSA) is 34.9 Å². The minimum absolute atomic E-state index is 0.00452. The summed E-state index contributed by atoms with van der Waals surface area (Å²) in [6, 6.07) is 13.9. The number of fused-ring (bicyclic) bond motifs is 1. The van der Waals surface area contributed by atoms with Gasteiger partial charge in [-0.2, -0.15) is 0 Å². The molecule has 1 aromatic heterocycles. The smallest absolute Gasteiger partial charge is 0.262 e. The lowest BCUT2D eigenvalue weighted by atomic mass is 10.1. The van der Waals surface area contributed by atoms with Gasteiger partial charge in [-0.1, -0.05) is 30.3 Å². The molecule has 0 spiro atoms. The van der Waals surface area contributed by atoms with Crippen molar-refractivity contribution in [2.45, 2.75) is 6.16 Å². The molecule has 5 heteroatoms. The molecule has 3 nitrogen and oxygen atoms in total. The number of rotatable bonds is 2. The lowest BCUT2D eigenvalue weighted by Crippen LogP contribution is -2.21. The summed E-state index contributed by atoms with van der Waals surface area (Å²) in [6.45, 7) is 0. The van der Waals surface area contributed by atoms with E-state index in [1.165, 1.54) is 5.56 Å². The Morgan fingerprint density at radius 3 is 2.57 bits per heavy atom. The van der Waals surface area contributed by atoms with Crippen molar-refractivity contribution in [3.63, 3.8) is 0 Å². The van der Waals surface area contributed by atoms with E-state index in [0.717, 1.165) is 20.8 Å². The van der Waals surface area contributed by atoms with E-state index in [2.05, 4.69) is 48.9 Å². The van der Waals surface area contributed by atoms with E-state index in [-0.39, 0.29) is 5.56 Å². The van der Waals surface area contributed by atoms with Gasteiger partial charge >= 0.3 is 0 Å². The van der Waals surface area contributed by atoms with Crippen molar-refractivity contribution >= 4 is 42.7 Å². The summed E-state index contributed by atoms with van der Waals surface area (Å²) in [5.41, 5.74) is 2.94. The van der Waals surface area contributed by atoms with Gasteiger partial charge < -0.3 is 0 Å². The Bertz CT molecular complexity index is 872. The summed E-state index contributed by atoms with van der Waals surface area (Å²) in [5.74, 6) is 0.699. The van der Waals surface area contributed by atoms with E-state index < -0.39 is 0 Å². The fourth-order valence-electron chi connectivity index (χ4n) is 2.32. The van der Waals surface area contributed by atoms with Crippen LogP contribution in [0, 0.1) is 3.57 Å². The van der Waals surface area contributed by atoms with Gasteiger partial charge in [-0.05, 0) is 46.4 Å². The van der Waals surface area contributed by atoms with Crippen molar-refractivity contribution in [2.75, 3.05) is 0 Å². The highest BCUT2D eigenvalue weighted by molar-refractivity contribution is 14.1. The Morgan fingerprint density at radius 1 is 1.19 bits per heavy atom. The predicted octanol–water partition coefficient (Wildman–Crippen LogP) is 3.58. The third-order valence-electron chi connectivity index (χ3n) is 3.50. The molecule has 0 N–H and O–H groups in total. The Morgan fingerprint density at radius 2 is 1.90 bits per heavy atom. The highest BCUT2D eigenvalue weighted by Crippen LogP contribution is 2.21. The van der Waals surface area contributed by atoms with Crippen LogP contribution in [-0.4, -0.2) is 9.55 Å². The van der Waals surface area contributed by atoms with E-state index in [9.17, 15) is 4.79 Å². The zero-order valence-electron chi connectivity index (χ0n) is 11.5. The number of nitrogens with zero attached hydrogens (tertiary/aromatic N) is 2.